The summed E-state index contributed by atoms with van der Waals surface area (Å²) in [4.78, 5) is 0. The Labute approximate surface area is 58.1 Å². The second kappa shape index (κ2) is 2.72. The van der Waals surface area contributed by atoms with Crippen molar-refractivity contribution in [1.82, 2.24) is 5.32 Å². The molecule has 1 aliphatic heterocycles. The first kappa shape index (κ1) is 7.11. The van der Waals surface area contributed by atoms with Gasteiger partial charge in [-0.1, -0.05) is 0 Å². The molecule has 1 rings (SSSR count). The molecule has 0 aliphatic carbocycles. The van der Waals surface area contributed by atoms with E-state index in [9.17, 15) is 0 Å². The third-order valence-corrected chi connectivity index (χ3v) is 1.24. The average Bonchev–Trinajstić information content (AvgIpc) is 1.95. The molecule has 56 valence electrons. The van der Waals surface area contributed by atoms with Gasteiger partial charge >= 0.3 is 0 Å². The van der Waals surface area contributed by atoms with Crippen LogP contribution in [0, 0.1) is 0 Å². The van der Waals surface area contributed by atoms with Crippen LogP contribution in [0.3, 0.4) is 0 Å². The van der Waals surface area contributed by atoms with Crippen molar-refractivity contribution < 1.29 is 15.3 Å². The Bertz CT molecular complexity index is 185. The lowest BCUT2D eigenvalue weighted by molar-refractivity contribution is 0.184. The minimum atomic E-state index is -0.983. The molecule has 4 heteroatoms. The van der Waals surface area contributed by atoms with Crippen LogP contribution in [0.25, 0.3) is 0 Å². The fourth-order valence-electron chi connectivity index (χ4n) is 0.674. The summed E-state index contributed by atoms with van der Waals surface area (Å²) in [6.45, 7) is -0.166. The summed E-state index contributed by atoms with van der Waals surface area (Å²) < 4.78 is 0. The van der Waals surface area contributed by atoms with Crippen LogP contribution in [0.2, 0.25) is 0 Å². The molecule has 0 aromatic heterocycles. The minimum Gasteiger partial charge on any atom is -0.508 e. The third kappa shape index (κ3) is 1.29. The van der Waals surface area contributed by atoms with Crippen molar-refractivity contribution in [2.45, 2.75) is 6.10 Å². The zero-order valence-electron chi connectivity index (χ0n) is 5.28. The minimum absolute atomic E-state index is 0.141. The van der Waals surface area contributed by atoms with Crippen LogP contribution in [-0.2, 0) is 0 Å². The van der Waals surface area contributed by atoms with Crippen LogP contribution >= 0.6 is 0 Å². The van der Waals surface area contributed by atoms with Gasteiger partial charge in [-0.25, -0.2) is 0 Å². The highest BCUT2D eigenvalue weighted by molar-refractivity contribution is 5.19. The molecule has 0 bridgehead atoms. The lowest BCUT2D eigenvalue weighted by Gasteiger charge is -2.14. The fourth-order valence-corrected chi connectivity index (χ4v) is 0.674. The zero-order chi connectivity index (χ0) is 7.56. The molecule has 0 spiro atoms. The van der Waals surface area contributed by atoms with Crippen molar-refractivity contribution in [3.63, 3.8) is 0 Å². The molecule has 1 atom stereocenters. The van der Waals surface area contributed by atoms with E-state index >= 15 is 0 Å². The second-order valence-corrected chi connectivity index (χ2v) is 2.01. The Hall–Kier alpha value is -1.00. The normalized spacial score (nSPS) is 24.8. The van der Waals surface area contributed by atoms with Gasteiger partial charge in [0.25, 0.3) is 0 Å². The topological polar surface area (TPSA) is 72.7 Å². The van der Waals surface area contributed by atoms with E-state index in [1.165, 1.54) is 12.3 Å². The zero-order valence-corrected chi connectivity index (χ0v) is 5.28. The first-order chi connectivity index (χ1) is 4.74. The van der Waals surface area contributed by atoms with E-state index in [2.05, 4.69) is 5.32 Å². The Morgan fingerprint density at radius 1 is 1.60 bits per heavy atom. The maximum atomic E-state index is 8.93. The van der Waals surface area contributed by atoms with Crippen molar-refractivity contribution in [3.8, 4) is 0 Å². The molecule has 0 radical (unpaired) electrons. The summed E-state index contributed by atoms with van der Waals surface area (Å²) in [5, 5.41) is 28.9. The fraction of sp³-hybridized carbons (Fsp3) is 0.333. The quantitative estimate of drug-likeness (QED) is 0.389. The lowest BCUT2D eigenvalue weighted by Crippen LogP contribution is -2.22. The molecule has 0 saturated carbocycles. The highest BCUT2D eigenvalue weighted by Crippen LogP contribution is 2.06. The van der Waals surface area contributed by atoms with Gasteiger partial charge in [0.05, 0.1) is 6.61 Å². The highest BCUT2D eigenvalue weighted by atomic mass is 16.3. The molecule has 10 heavy (non-hydrogen) atoms. The van der Waals surface area contributed by atoms with Crippen molar-refractivity contribution in [1.29, 1.82) is 0 Å². The van der Waals surface area contributed by atoms with Crippen molar-refractivity contribution in [2.24, 2.45) is 0 Å². The summed E-state index contributed by atoms with van der Waals surface area (Å²) in [6.07, 6.45) is 1.61. The summed E-state index contributed by atoms with van der Waals surface area (Å²) in [7, 11) is 0. The molecular weight excluding hydrogens is 134 g/mol. The van der Waals surface area contributed by atoms with Gasteiger partial charge in [-0.2, -0.15) is 0 Å². The first-order valence-corrected chi connectivity index (χ1v) is 2.89. The van der Waals surface area contributed by atoms with E-state index in [1.807, 2.05) is 0 Å². The smallest absolute Gasteiger partial charge is 0.141 e. The standard InChI is InChI=1S/C6H9NO3/c8-3-4-1-5(9)6(10)2-7-4/h1-2,5,7-10H,3H2. The van der Waals surface area contributed by atoms with E-state index < -0.39 is 6.10 Å². The molecule has 1 unspecified atom stereocenters. The van der Waals surface area contributed by atoms with E-state index in [0.29, 0.717) is 5.70 Å². The molecule has 4 nitrogen and oxygen atoms in total. The first-order valence-electron chi connectivity index (χ1n) is 2.89. The Kier molecular flexibility index (Phi) is 1.94. The molecule has 0 fully saturated rings. The van der Waals surface area contributed by atoms with Gasteiger partial charge in [0.1, 0.15) is 11.9 Å². The SMILES string of the molecule is OCC1=CC(O)C(O)=CN1. The van der Waals surface area contributed by atoms with E-state index in [-0.39, 0.29) is 12.4 Å². The Morgan fingerprint density at radius 3 is 2.80 bits per heavy atom. The Morgan fingerprint density at radius 2 is 2.30 bits per heavy atom. The molecule has 0 saturated heterocycles. The van der Waals surface area contributed by atoms with Gasteiger partial charge < -0.3 is 20.6 Å². The monoisotopic (exact) mass is 143 g/mol. The molecule has 0 aromatic rings. The van der Waals surface area contributed by atoms with E-state index in [4.69, 9.17) is 15.3 Å². The molecule has 4 N–H and O–H groups in total. The van der Waals surface area contributed by atoms with Crippen LogP contribution in [-0.4, -0.2) is 28.0 Å². The van der Waals surface area contributed by atoms with Gasteiger partial charge in [0.15, 0.2) is 0 Å². The summed E-state index contributed by atoms with van der Waals surface area (Å²) in [5.41, 5.74) is 0.491. The lowest BCUT2D eigenvalue weighted by atomic mass is 10.2. The van der Waals surface area contributed by atoms with Gasteiger partial charge in [-0.15, -0.1) is 0 Å². The van der Waals surface area contributed by atoms with Crippen LogP contribution in [0.1, 0.15) is 0 Å². The predicted octanol–water partition coefficient (Wildman–Crippen LogP) is -0.774. The van der Waals surface area contributed by atoms with Gasteiger partial charge in [0, 0.05) is 11.9 Å². The van der Waals surface area contributed by atoms with Crippen LogP contribution in [0.5, 0.6) is 0 Å². The van der Waals surface area contributed by atoms with E-state index in [0.717, 1.165) is 0 Å². The number of rotatable bonds is 1. The van der Waals surface area contributed by atoms with Crippen molar-refractivity contribution >= 4 is 0 Å². The van der Waals surface area contributed by atoms with Gasteiger partial charge in [0.2, 0.25) is 0 Å². The molecule has 1 aliphatic rings. The third-order valence-electron chi connectivity index (χ3n) is 1.24. The highest BCUT2D eigenvalue weighted by Gasteiger charge is 2.11. The van der Waals surface area contributed by atoms with Crippen molar-refractivity contribution in [3.05, 3.63) is 23.7 Å². The average molecular weight is 143 g/mol. The molecule has 0 amide bonds. The van der Waals surface area contributed by atoms with Gasteiger partial charge in [-0.05, 0) is 6.08 Å². The van der Waals surface area contributed by atoms with Gasteiger partial charge in [-0.3, -0.25) is 0 Å². The molecule has 1 heterocycles. The molecule has 0 aromatic carbocycles. The summed E-state index contributed by atoms with van der Waals surface area (Å²) >= 11 is 0. The predicted molar refractivity (Wildman–Crippen MR) is 35.0 cm³/mol. The number of nitrogens with one attached hydrogen (secondary N) is 1. The number of hydrogen-bond donors (Lipinski definition) is 4. The van der Waals surface area contributed by atoms with Crippen LogP contribution in [0.15, 0.2) is 23.7 Å². The number of hydrogen-bond acceptors (Lipinski definition) is 4. The van der Waals surface area contributed by atoms with Crippen molar-refractivity contribution in [2.75, 3.05) is 6.61 Å². The summed E-state index contributed by atoms with van der Waals surface area (Å²) in [5.74, 6) is -0.141. The number of aliphatic hydroxyl groups excluding tert-OH is 3. The summed E-state index contributed by atoms with van der Waals surface area (Å²) in [6, 6.07) is 0. The largest absolute Gasteiger partial charge is 0.508 e. The number of dihydropyridines is 1. The maximum Gasteiger partial charge on any atom is 0.141 e. The molecular formula is C6H9NO3. The maximum absolute atomic E-state index is 8.93. The van der Waals surface area contributed by atoms with Crippen LogP contribution < -0.4 is 5.32 Å². The van der Waals surface area contributed by atoms with E-state index in [1.54, 1.807) is 0 Å². The second-order valence-electron chi connectivity index (χ2n) is 2.01. The number of aliphatic hydroxyl groups is 3. The van der Waals surface area contributed by atoms with Crippen LogP contribution in [0.4, 0.5) is 0 Å². The Balaban J connectivity index is 2.64.